The summed E-state index contributed by atoms with van der Waals surface area (Å²) in [6.07, 6.45) is 5.95. The summed E-state index contributed by atoms with van der Waals surface area (Å²) in [6, 6.07) is 5.65. The lowest BCUT2D eigenvalue weighted by molar-refractivity contribution is -0.129. The summed E-state index contributed by atoms with van der Waals surface area (Å²) in [5, 5.41) is 9.17. The Labute approximate surface area is 130 Å². The number of aromatic carboxylic acids is 1. The van der Waals surface area contributed by atoms with Gasteiger partial charge in [-0.3, -0.25) is 4.79 Å². The number of fused-ring (bicyclic) bond motifs is 5. The summed E-state index contributed by atoms with van der Waals surface area (Å²) in [7, 11) is 0. The van der Waals surface area contributed by atoms with Gasteiger partial charge < -0.3 is 5.11 Å². The predicted molar refractivity (Wildman–Crippen MR) is 83.0 cm³/mol. The number of Topliss-reactive ketones (excluding diaryl/α,β-unsaturated/α-hetero) is 1. The molecule has 1 aromatic rings. The van der Waals surface area contributed by atoms with Crippen LogP contribution in [0.15, 0.2) is 18.2 Å². The van der Waals surface area contributed by atoms with E-state index in [9.17, 15) is 9.59 Å². The van der Waals surface area contributed by atoms with Gasteiger partial charge in [0.05, 0.1) is 5.56 Å². The number of carboxylic acid groups (broad SMARTS) is 1. The molecular weight excluding hydrogens is 276 g/mol. The van der Waals surface area contributed by atoms with Crippen molar-refractivity contribution in [2.75, 3.05) is 0 Å². The molecule has 0 radical (unpaired) electrons. The molecule has 0 bridgehead atoms. The highest BCUT2D eigenvalue weighted by Crippen LogP contribution is 2.59. The summed E-state index contributed by atoms with van der Waals surface area (Å²) < 4.78 is 0. The molecular formula is C19H22O3. The van der Waals surface area contributed by atoms with Crippen LogP contribution >= 0.6 is 0 Å². The molecule has 1 aromatic carbocycles. The van der Waals surface area contributed by atoms with E-state index in [0.717, 1.165) is 38.5 Å². The highest BCUT2D eigenvalue weighted by molar-refractivity contribution is 5.88. The molecule has 0 aromatic heterocycles. The summed E-state index contributed by atoms with van der Waals surface area (Å²) >= 11 is 0. The van der Waals surface area contributed by atoms with Gasteiger partial charge in [-0.2, -0.15) is 0 Å². The van der Waals surface area contributed by atoms with Gasteiger partial charge in [-0.05, 0) is 73.1 Å². The van der Waals surface area contributed by atoms with Crippen molar-refractivity contribution in [1.29, 1.82) is 0 Å². The van der Waals surface area contributed by atoms with E-state index in [2.05, 4.69) is 6.92 Å². The van der Waals surface area contributed by atoms with Gasteiger partial charge in [0.1, 0.15) is 5.78 Å². The number of aryl methyl sites for hydroxylation is 1. The lowest BCUT2D eigenvalue weighted by atomic mass is 9.55. The zero-order valence-corrected chi connectivity index (χ0v) is 13.0. The summed E-state index contributed by atoms with van der Waals surface area (Å²) in [4.78, 5) is 23.5. The van der Waals surface area contributed by atoms with Crippen molar-refractivity contribution in [3.63, 3.8) is 0 Å². The first-order valence-corrected chi connectivity index (χ1v) is 8.40. The Hall–Kier alpha value is -1.64. The van der Waals surface area contributed by atoms with E-state index in [1.807, 2.05) is 12.1 Å². The lowest BCUT2D eigenvalue weighted by Gasteiger charge is -2.48. The second-order valence-corrected chi connectivity index (χ2v) is 7.55. The van der Waals surface area contributed by atoms with Crippen LogP contribution in [0, 0.1) is 17.3 Å². The quantitative estimate of drug-likeness (QED) is 0.857. The molecule has 0 heterocycles. The number of carbonyl (C=O) groups is 2. The lowest BCUT2D eigenvalue weighted by Crippen LogP contribution is -2.42. The van der Waals surface area contributed by atoms with Crippen LogP contribution in [0.25, 0.3) is 0 Å². The maximum Gasteiger partial charge on any atom is 0.335 e. The third-order valence-corrected chi connectivity index (χ3v) is 6.68. The van der Waals surface area contributed by atoms with E-state index in [-0.39, 0.29) is 5.41 Å². The third kappa shape index (κ3) is 1.81. The molecule has 0 saturated heterocycles. The topological polar surface area (TPSA) is 54.4 Å². The normalized spacial score (nSPS) is 36.4. The molecule has 1 N–H and O–H groups in total. The Bertz CT molecular complexity index is 663. The van der Waals surface area contributed by atoms with Gasteiger partial charge in [0.2, 0.25) is 0 Å². The Kier molecular flexibility index (Phi) is 2.97. The Morgan fingerprint density at radius 3 is 2.82 bits per heavy atom. The number of ketones is 1. The molecule has 3 aliphatic rings. The van der Waals surface area contributed by atoms with Crippen LogP contribution in [0.3, 0.4) is 0 Å². The van der Waals surface area contributed by atoms with Crippen LogP contribution in [0.5, 0.6) is 0 Å². The smallest absolute Gasteiger partial charge is 0.335 e. The average Bonchev–Trinajstić information content (AvgIpc) is 2.82. The van der Waals surface area contributed by atoms with Crippen molar-refractivity contribution < 1.29 is 14.7 Å². The first kappa shape index (κ1) is 14.0. The van der Waals surface area contributed by atoms with Crippen LogP contribution in [-0.2, 0) is 11.2 Å². The zero-order chi connectivity index (χ0) is 15.5. The van der Waals surface area contributed by atoms with E-state index in [0.29, 0.717) is 29.1 Å². The molecule has 1 unspecified atom stereocenters. The number of hydrogen-bond acceptors (Lipinski definition) is 2. The van der Waals surface area contributed by atoms with E-state index in [1.165, 1.54) is 11.1 Å². The molecule has 3 heteroatoms. The average molecular weight is 298 g/mol. The van der Waals surface area contributed by atoms with Gasteiger partial charge in [-0.1, -0.05) is 13.0 Å². The fraction of sp³-hybridized carbons (Fsp3) is 0.579. The maximum atomic E-state index is 12.3. The molecule has 3 aliphatic carbocycles. The molecule has 2 fully saturated rings. The van der Waals surface area contributed by atoms with E-state index in [4.69, 9.17) is 5.11 Å². The van der Waals surface area contributed by atoms with Crippen molar-refractivity contribution in [2.45, 2.75) is 51.4 Å². The molecule has 116 valence electrons. The minimum Gasteiger partial charge on any atom is -0.478 e. The van der Waals surface area contributed by atoms with Crippen LogP contribution in [0.2, 0.25) is 0 Å². The first-order valence-electron chi connectivity index (χ1n) is 8.40. The van der Waals surface area contributed by atoms with Gasteiger partial charge in [-0.25, -0.2) is 4.79 Å². The van der Waals surface area contributed by atoms with E-state index < -0.39 is 5.97 Å². The van der Waals surface area contributed by atoms with Crippen LogP contribution < -0.4 is 0 Å². The van der Waals surface area contributed by atoms with Gasteiger partial charge in [0.25, 0.3) is 0 Å². The minimum atomic E-state index is -0.845. The first-order chi connectivity index (χ1) is 10.5. The number of carbonyl (C=O) groups excluding carboxylic acids is 1. The van der Waals surface area contributed by atoms with Crippen molar-refractivity contribution in [3.8, 4) is 0 Å². The molecule has 0 amide bonds. The highest BCUT2D eigenvalue weighted by atomic mass is 16.4. The molecule has 4 atom stereocenters. The largest absolute Gasteiger partial charge is 0.478 e. The monoisotopic (exact) mass is 298 g/mol. The second kappa shape index (κ2) is 4.68. The third-order valence-electron chi connectivity index (χ3n) is 6.68. The van der Waals surface area contributed by atoms with Gasteiger partial charge >= 0.3 is 5.97 Å². The molecule has 3 nitrogen and oxygen atoms in total. The van der Waals surface area contributed by atoms with Crippen LogP contribution in [0.1, 0.15) is 66.4 Å². The zero-order valence-electron chi connectivity index (χ0n) is 13.0. The summed E-state index contributed by atoms with van der Waals surface area (Å²) in [6.45, 7) is 2.19. The molecule has 0 aliphatic heterocycles. The number of benzene rings is 1. The van der Waals surface area contributed by atoms with Crippen molar-refractivity contribution in [1.82, 2.24) is 0 Å². The fourth-order valence-corrected chi connectivity index (χ4v) is 5.49. The molecule has 22 heavy (non-hydrogen) atoms. The standard InChI is InChI=1S/C19H22O3/c1-19-9-8-14-13-4-3-12(18(21)22)10-11(13)2-5-15(14)16(19)6-7-17(19)20/h3-4,10,14-16H,2,5-9H2,1H3,(H,21,22)/t14-,15?,16+,19+/m1/s1. The maximum absolute atomic E-state index is 12.3. The second-order valence-electron chi connectivity index (χ2n) is 7.55. The van der Waals surface area contributed by atoms with Gasteiger partial charge in [-0.15, -0.1) is 0 Å². The van der Waals surface area contributed by atoms with E-state index >= 15 is 0 Å². The number of hydrogen-bond donors (Lipinski definition) is 1. The molecule has 2 saturated carbocycles. The summed E-state index contributed by atoms with van der Waals surface area (Å²) in [5.41, 5.74) is 2.88. The Balaban J connectivity index is 1.70. The molecule has 4 rings (SSSR count). The van der Waals surface area contributed by atoms with Crippen molar-refractivity contribution >= 4 is 11.8 Å². The SMILES string of the molecule is C[C@]12CC[C@@H]3c4ccc(C(=O)O)cc4CCC3[C@@H]1CCC2=O. The number of rotatable bonds is 1. The Morgan fingerprint density at radius 1 is 1.23 bits per heavy atom. The van der Waals surface area contributed by atoms with Gasteiger partial charge in [0, 0.05) is 11.8 Å². The molecule has 0 spiro atoms. The highest BCUT2D eigenvalue weighted by Gasteiger charge is 2.54. The predicted octanol–water partition coefficient (Wildman–Crippen LogP) is 3.81. The van der Waals surface area contributed by atoms with E-state index in [1.54, 1.807) is 6.07 Å². The summed E-state index contributed by atoms with van der Waals surface area (Å²) in [5.74, 6) is 1.29. The van der Waals surface area contributed by atoms with Gasteiger partial charge in [0.15, 0.2) is 0 Å². The van der Waals surface area contributed by atoms with Crippen LogP contribution in [0.4, 0.5) is 0 Å². The van der Waals surface area contributed by atoms with Crippen molar-refractivity contribution in [2.24, 2.45) is 17.3 Å². The minimum absolute atomic E-state index is 0.0837. The Morgan fingerprint density at radius 2 is 2.05 bits per heavy atom. The fourth-order valence-electron chi connectivity index (χ4n) is 5.49. The van der Waals surface area contributed by atoms with Crippen LogP contribution in [-0.4, -0.2) is 16.9 Å². The number of carboxylic acids is 1. The van der Waals surface area contributed by atoms with Crippen molar-refractivity contribution in [3.05, 3.63) is 34.9 Å².